The highest BCUT2D eigenvalue weighted by atomic mass is 16.5. The van der Waals surface area contributed by atoms with Crippen molar-refractivity contribution in [3.63, 3.8) is 0 Å². The van der Waals surface area contributed by atoms with Crippen LogP contribution in [0, 0.1) is 5.89 Å². The Hall–Kier alpha value is -7.11. The summed E-state index contributed by atoms with van der Waals surface area (Å²) in [6, 6.07) is 44.0. The molecule has 1 aliphatic heterocycles. The number of ether oxygens (including phenoxy) is 1. The van der Waals surface area contributed by atoms with Crippen molar-refractivity contribution >= 4 is 38.9 Å². The van der Waals surface area contributed by atoms with Gasteiger partial charge in [0.05, 0.1) is 35.9 Å². The quantitative estimate of drug-likeness (QED) is 0.116. The average Bonchev–Trinajstić information content (AvgIpc) is 4.03. The number of benzene rings is 7. The van der Waals surface area contributed by atoms with Gasteiger partial charge < -0.3 is 14.5 Å². The lowest BCUT2D eigenvalue weighted by molar-refractivity contribution is 0.306. The number of hydrogen-bond donors (Lipinski definition) is 0. The third-order valence-electron chi connectivity index (χ3n) is 12.2. The zero-order valence-electron chi connectivity index (χ0n) is 50.7. The first-order valence-corrected chi connectivity index (χ1v) is 22.0. The van der Waals surface area contributed by atoms with Crippen LogP contribution in [0.1, 0.15) is 82.3 Å². The van der Waals surface area contributed by atoms with E-state index in [1.807, 2.05) is 85.1 Å². The molecule has 9 aromatic rings. The summed E-state index contributed by atoms with van der Waals surface area (Å²) in [4.78, 5) is 9.18. The maximum absolute atomic E-state index is 9.32. The van der Waals surface area contributed by atoms with Gasteiger partial charge in [-0.2, -0.15) is 0 Å². The zero-order chi connectivity index (χ0) is 56.6. The topological polar surface area (TPSA) is 33.5 Å². The molecule has 0 atom stereocenters. The van der Waals surface area contributed by atoms with Crippen molar-refractivity contribution in [2.45, 2.75) is 65.7 Å². The minimum absolute atomic E-state index is 0.0111. The molecule has 0 radical (unpaired) electrons. The van der Waals surface area contributed by atoms with Gasteiger partial charge in [0.25, 0.3) is 0 Å². The van der Waals surface area contributed by atoms with Crippen LogP contribution in [0.15, 0.2) is 182 Å². The molecule has 65 heavy (non-hydrogen) atoms. The first-order valence-electron chi connectivity index (χ1n) is 29.0. The number of anilines is 3. The van der Waals surface area contributed by atoms with Crippen LogP contribution in [-0.4, -0.2) is 22.8 Å². The normalized spacial score (nSPS) is 16.6. The lowest BCUT2D eigenvalue weighted by Crippen LogP contribution is -2.29. The molecule has 0 spiro atoms. The maximum Gasteiger partial charge on any atom is 0.137 e. The van der Waals surface area contributed by atoms with Crippen molar-refractivity contribution in [2.24, 2.45) is 5.89 Å². The van der Waals surface area contributed by atoms with Gasteiger partial charge in [-0.25, -0.2) is 4.98 Å². The van der Waals surface area contributed by atoms with Crippen LogP contribution >= 0.6 is 0 Å². The van der Waals surface area contributed by atoms with Crippen molar-refractivity contribution in [1.29, 1.82) is 0 Å². The lowest BCUT2D eigenvalue weighted by atomic mass is 9.88. The minimum atomic E-state index is -3.67. The van der Waals surface area contributed by atoms with Crippen LogP contribution in [0.5, 0.6) is 5.75 Å². The molecule has 7 aromatic carbocycles. The SMILES string of the molecule is [2H]c1c([2H])c([2H])c(-c2cccc(C([2H])([2H])C([2H])(C([2H])([2H])[2H])C([2H])([2H])[2H])c2CCCN2CN(c3cccc(COc4ccc5c6ccccc6n(-c6cc(C(C)(C)C)ccn6)c5c4)c3)c3cc(-c4ccccc4)ccc32)c([2H])c1[2H]. The van der Waals surface area contributed by atoms with E-state index >= 15 is 0 Å². The number of hydrogen-bond acceptors (Lipinski definition) is 4. The monoisotopic (exact) mass is 865 g/mol. The number of fused-ring (bicyclic) bond motifs is 4. The summed E-state index contributed by atoms with van der Waals surface area (Å²) in [6.07, 6.45) is -1.32. The molecule has 0 aliphatic carbocycles. The molecule has 0 N–H and O–H groups in total. The average molecular weight is 865 g/mol. The number of rotatable bonds is 13. The van der Waals surface area contributed by atoms with Crippen LogP contribution < -0.4 is 14.5 Å². The fourth-order valence-electron chi connectivity index (χ4n) is 9.00. The summed E-state index contributed by atoms with van der Waals surface area (Å²) >= 11 is 0. The van der Waals surface area contributed by atoms with Crippen LogP contribution in [0.25, 0.3) is 49.9 Å². The third-order valence-corrected chi connectivity index (χ3v) is 12.2. The fourth-order valence-corrected chi connectivity index (χ4v) is 9.00. The van der Waals surface area contributed by atoms with Crippen molar-refractivity contribution in [3.8, 4) is 33.8 Å². The van der Waals surface area contributed by atoms with E-state index in [0.717, 1.165) is 61.4 Å². The fraction of sp³-hybridized carbons (Fsp3) is 0.217. The molecule has 10 rings (SSSR count). The minimum Gasteiger partial charge on any atom is -0.489 e. The van der Waals surface area contributed by atoms with Crippen LogP contribution in [0.2, 0.25) is 0 Å². The first-order chi connectivity index (χ1) is 37.3. The Bertz CT molecular complexity index is 3750. The smallest absolute Gasteiger partial charge is 0.137 e. The Kier molecular flexibility index (Phi) is 7.85. The van der Waals surface area contributed by atoms with Gasteiger partial charge in [-0.05, 0) is 130 Å². The summed E-state index contributed by atoms with van der Waals surface area (Å²) in [6.45, 7) is 0.229. The highest BCUT2D eigenvalue weighted by Gasteiger charge is 2.28. The summed E-state index contributed by atoms with van der Waals surface area (Å²) < 4.78 is 129. The number of pyridine rings is 1. The van der Waals surface area contributed by atoms with Gasteiger partial charge in [0, 0.05) is 47.6 Å². The Balaban J connectivity index is 0.980. The van der Waals surface area contributed by atoms with Gasteiger partial charge in [-0.1, -0.05) is 150 Å². The first kappa shape index (κ1) is 28.6. The van der Waals surface area contributed by atoms with Crippen molar-refractivity contribution in [2.75, 3.05) is 23.0 Å². The van der Waals surface area contributed by atoms with E-state index in [0.29, 0.717) is 19.0 Å². The molecule has 324 valence electrons. The molecule has 0 saturated carbocycles. The van der Waals surface area contributed by atoms with Crippen molar-refractivity contribution in [3.05, 3.63) is 204 Å². The summed E-state index contributed by atoms with van der Waals surface area (Å²) in [5, 5.41) is 2.19. The molecule has 2 aromatic heterocycles. The molecule has 0 fully saturated rings. The van der Waals surface area contributed by atoms with Crippen molar-refractivity contribution in [1.82, 2.24) is 9.55 Å². The Labute approximate surface area is 404 Å². The maximum atomic E-state index is 9.32. The second kappa shape index (κ2) is 17.8. The standard InChI is InChI=1S/C60H58N4O/c1-42(2)35-47-22-15-25-51(45-20-10-7-11-21-45)52(47)26-16-34-62-41-63(58-37-46(28-31-56(58)62)44-18-8-6-9-19-44)49-23-14-17-43(36-49)40-65-50-29-30-54-53-24-12-13-27-55(53)64(57(54)39-50)59-38-48(32-33-61-59)60(3,4)5/h6-15,17-25,27-33,36-39,42H,16,26,34-35,40-41H2,1-5H3/i1D3,2D3,7D,10D,11D,20D,21D,35D2,42D. The van der Waals surface area contributed by atoms with Gasteiger partial charge >= 0.3 is 0 Å². The van der Waals surface area contributed by atoms with Gasteiger partial charge in [-0.3, -0.25) is 4.57 Å². The molecule has 5 heteroatoms. The highest BCUT2D eigenvalue weighted by Crippen LogP contribution is 2.44. The molecule has 1 aliphatic rings. The molecule has 5 nitrogen and oxygen atoms in total. The summed E-state index contributed by atoms with van der Waals surface area (Å²) in [5.41, 5.74) is 8.08. The van der Waals surface area contributed by atoms with Crippen LogP contribution in [-0.2, 0) is 24.8 Å². The summed E-state index contributed by atoms with van der Waals surface area (Å²) in [7, 11) is 0. The van der Waals surface area contributed by atoms with E-state index in [2.05, 4.69) is 83.7 Å². The molecule has 0 bridgehead atoms. The molecular weight excluding hydrogens is 793 g/mol. The van der Waals surface area contributed by atoms with E-state index in [1.165, 1.54) is 23.8 Å². The number of nitrogens with zero attached hydrogens (tertiary/aromatic N) is 4. The molecule has 3 heterocycles. The lowest BCUT2D eigenvalue weighted by Gasteiger charge is -2.23. The molecular formula is C60H58N4O. The third kappa shape index (κ3) is 8.63. The zero-order valence-corrected chi connectivity index (χ0v) is 36.7. The highest BCUT2D eigenvalue weighted by molar-refractivity contribution is 6.09. The summed E-state index contributed by atoms with van der Waals surface area (Å²) in [5.74, 6) is -2.16. The van der Waals surface area contributed by atoms with E-state index < -0.39 is 61.7 Å². The van der Waals surface area contributed by atoms with Gasteiger partial charge in [0.2, 0.25) is 0 Å². The number of aromatic nitrogens is 2. The van der Waals surface area contributed by atoms with Gasteiger partial charge in [0.15, 0.2) is 0 Å². The second-order valence-electron chi connectivity index (χ2n) is 17.5. The van der Waals surface area contributed by atoms with E-state index in [9.17, 15) is 2.74 Å². The van der Waals surface area contributed by atoms with Crippen LogP contribution in [0.4, 0.5) is 17.1 Å². The predicted octanol–water partition coefficient (Wildman–Crippen LogP) is 15.1. The van der Waals surface area contributed by atoms with E-state index in [4.69, 9.17) is 26.2 Å². The Morgan fingerprint density at radius 1 is 0.738 bits per heavy atom. The van der Waals surface area contributed by atoms with Crippen LogP contribution in [0.3, 0.4) is 0 Å². The van der Waals surface area contributed by atoms with Gasteiger partial charge in [0.1, 0.15) is 18.2 Å². The van der Waals surface area contributed by atoms with E-state index in [1.54, 1.807) is 0 Å². The second-order valence-corrected chi connectivity index (χ2v) is 17.5. The molecule has 0 amide bonds. The van der Waals surface area contributed by atoms with Crippen molar-refractivity contribution < 1.29 is 23.9 Å². The molecule has 0 unspecified atom stereocenters. The van der Waals surface area contributed by atoms with Gasteiger partial charge in [-0.15, -0.1) is 0 Å². The largest absolute Gasteiger partial charge is 0.489 e. The molecule has 0 saturated heterocycles. The predicted molar refractivity (Wildman–Crippen MR) is 273 cm³/mol. The Morgan fingerprint density at radius 2 is 1.55 bits per heavy atom. The van der Waals surface area contributed by atoms with E-state index in [-0.39, 0.29) is 41.6 Å². The number of para-hydroxylation sites is 1. The Morgan fingerprint density at radius 3 is 2.40 bits per heavy atom.